The van der Waals surface area contributed by atoms with E-state index in [1.54, 1.807) is 0 Å². The number of aromatic amines is 1. The summed E-state index contributed by atoms with van der Waals surface area (Å²) in [5.74, 6) is 4.85. The van der Waals surface area contributed by atoms with Crippen molar-refractivity contribution in [2.45, 2.75) is 223 Å². The van der Waals surface area contributed by atoms with Crippen LogP contribution in [0, 0.1) is 35.5 Å². The molecule has 5 heterocycles. The van der Waals surface area contributed by atoms with Crippen molar-refractivity contribution in [3.8, 4) is 0 Å². The Bertz CT molecular complexity index is 2230. The van der Waals surface area contributed by atoms with Gasteiger partial charge < -0.3 is 19.8 Å². The molecule has 6 nitrogen and oxygen atoms in total. The maximum absolute atomic E-state index is 10.2. The fourth-order valence-corrected chi connectivity index (χ4v) is 10.5. The summed E-state index contributed by atoms with van der Waals surface area (Å²) in [5.41, 5.74) is 6.96. The van der Waals surface area contributed by atoms with E-state index >= 15 is 0 Å². The van der Waals surface area contributed by atoms with E-state index in [9.17, 15) is 1.37 Å². The second-order valence-corrected chi connectivity index (χ2v) is 23.4. The lowest BCUT2D eigenvalue weighted by Crippen LogP contribution is -2.49. The lowest BCUT2D eigenvalue weighted by Gasteiger charge is -2.34. The van der Waals surface area contributed by atoms with Gasteiger partial charge in [0.05, 0.1) is 53.8 Å². The minimum absolute atomic E-state index is 0.324. The standard InChI is InChI=1S/C64H100N4O2/c1-46(2)19-13-21-48(5)23-15-25-50(7)27-17-29-52(9)37-39-69-54(11)62-45-64(55(12)70-40-38-53(10)30-18-28-51(8)26-16-24-49(6)22-14-20-47(3)4)44-61-36-35-59(67-61)42-57-32-31-56(65-57)41-58-33-34-60(66-58)43-63(62)68-64/h31-38,41-44,46-51,54-55,65,68H,13-30,39-40,45H2,1-12H3/b52-37+,53-38+,56-41?,57-42?,60-43?,61-44?/t48-,49-,50-,51-,54?,55?,64?/m1/s1/i45D/t45?,48-,49-,50-,51-,54?,55?,64?. The highest BCUT2D eigenvalue weighted by Gasteiger charge is 2.43. The molecular formula is C64H100N4O2. The van der Waals surface area contributed by atoms with Crippen LogP contribution in [0.25, 0.3) is 12.2 Å². The molecule has 1 aromatic heterocycles. The minimum Gasteiger partial charge on any atom is -0.373 e. The van der Waals surface area contributed by atoms with Crippen LogP contribution in [-0.2, 0) is 9.47 Å². The molecule has 6 heteroatoms. The topological polar surface area (TPSA) is 71.0 Å². The van der Waals surface area contributed by atoms with Crippen molar-refractivity contribution >= 4 is 23.6 Å². The van der Waals surface area contributed by atoms with Crippen molar-refractivity contribution in [1.82, 2.24) is 10.3 Å². The van der Waals surface area contributed by atoms with E-state index in [0.717, 1.165) is 93.1 Å². The highest BCUT2D eigenvalue weighted by molar-refractivity contribution is 6.20. The van der Waals surface area contributed by atoms with Gasteiger partial charge in [-0.25, -0.2) is 9.98 Å². The summed E-state index contributed by atoms with van der Waals surface area (Å²) in [6, 6.07) is 4.14. The van der Waals surface area contributed by atoms with Crippen LogP contribution in [0.3, 0.4) is 0 Å². The number of aliphatic imine (C=N–C) groups is 2. The van der Waals surface area contributed by atoms with Crippen molar-refractivity contribution in [3.63, 3.8) is 0 Å². The van der Waals surface area contributed by atoms with Gasteiger partial charge in [0.15, 0.2) is 0 Å². The van der Waals surface area contributed by atoms with Gasteiger partial charge in [0, 0.05) is 24.2 Å². The van der Waals surface area contributed by atoms with Gasteiger partial charge in [-0.05, 0) is 155 Å². The SMILES string of the molecule is [2H]C1C(C(C)OC/C=C(\C)CCC[C@H](C)CCC[C@H](C)CCCC(C)C)=C2C=C3C=CC(=N3)C=c3ccc([nH]3)=CC3=NC(=CC1(C(C)OC/C=C(\C)CCC[C@H](C)CCC[C@H](C)CCCC(C)C)N2)C=C3. The fourth-order valence-electron chi connectivity index (χ4n) is 10.5. The Labute approximate surface area is 429 Å². The van der Waals surface area contributed by atoms with Crippen molar-refractivity contribution in [2.75, 3.05) is 13.2 Å². The number of hydrogen-bond acceptors (Lipinski definition) is 5. The third kappa shape index (κ3) is 20.4. The lowest BCUT2D eigenvalue weighted by molar-refractivity contribution is 0.0351. The molecule has 0 aromatic carbocycles. The van der Waals surface area contributed by atoms with Gasteiger partial charge in [-0.15, -0.1) is 0 Å². The Kier molecular flexibility index (Phi) is 23.6. The quantitative estimate of drug-likeness (QED) is 0.0707. The molecule has 0 fully saturated rings. The molecule has 4 aliphatic heterocycles. The van der Waals surface area contributed by atoms with E-state index in [0.29, 0.717) is 13.2 Å². The van der Waals surface area contributed by atoms with E-state index in [-0.39, 0.29) is 12.2 Å². The lowest BCUT2D eigenvalue weighted by atomic mass is 9.86. The summed E-state index contributed by atoms with van der Waals surface area (Å²) in [4.78, 5) is 13.6. The Balaban J connectivity index is 1.23. The molecule has 0 aliphatic carbocycles. The second kappa shape index (κ2) is 29.7. The van der Waals surface area contributed by atoms with Gasteiger partial charge in [-0.1, -0.05) is 169 Å². The number of rotatable bonds is 32. The van der Waals surface area contributed by atoms with E-state index in [1.165, 1.54) is 114 Å². The highest BCUT2D eigenvalue weighted by atomic mass is 16.5. The molecule has 4 unspecified atom stereocenters. The van der Waals surface area contributed by atoms with E-state index in [4.69, 9.17) is 19.5 Å². The maximum Gasteiger partial charge on any atom is 0.0878 e. The van der Waals surface area contributed by atoms with E-state index in [1.807, 2.05) is 6.08 Å². The van der Waals surface area contributed by atoms with Gasteiger partial charge in [-0.2, -0.15) is 0 Å². The average Bonchev–Trinajstić information content (AvgIpc) is 4.11. The Morgan fingerprint density at radius 1 is 0.586 bits per heavy atom. The number of H-pyrrole nitrogens is 1. The predicted molar refractivity (Wildman–Crippen MR) is 304 cm³/mol. The summed E-state index contributed by atoms with van der Waals surface area (Å²) in [6.45, 7) is 28.8. The summed E-state index contributed by atoms with van der Waals surface area (Å²) in [7, 11) is 0. The molecule has 0 spiro atoms. The summed E-state index contributed by atoms with van der Waals surface area (Å²) in [5, 5.41) is 5.85. The van der Waals surface area contributed by atoms with Crippen LogP contribution in [0.5, 0.6) is 0 Å². The molecular weight excluding hydrogens is 857 g/mol. The molecule has 8 bridgehead atoms. The van der Waals surface area contributed by atoms with Gasteiger partial charge in [0.25, 0.3) is 0 Å². The molecule has 0 radical (unpaired) electrons. The highest BCUT2D eigenvalue weighted by Crippen LogP contribution is 2.39. The van der Waals surface area contributed by atoms with Crippen LogP contribution in [0.2, 0.25) is 0 Å². The molecule has 388 valence electrons. The van der Waals surface area contributed by atoms with E-state index in [2.05, 4.69) is 160 Å². The Morgan fingerprint density at radius 3 is 1.53 bits per heavy atom. The van der Waals surface area contributed by atoms with Crippen LogP contribution < -0.4 is 16.0 Å². The number of aromatic nitrogens is 1. The van der Waals surface area contributed by atoms with Gasteiger partial charge in [-0.3, -0.25) is 0 Å². The summed E-state index contributed by atoms with van der Waals surface area (Å²) < 4.78 is 23.7. The molecule has 0 saturated heterocycles. The van der Waals surface area contributed by atoms with Crippen LogP contribution in [0.15, 0.2) is 105 Å². The average molecular weight is 959 g/mol. The first-order valence-corrected chi connectivity index (χ1v) is 28.3. The molecule has 1 aromatic rings. The first-order chi connectivity index (χ1) is 34.0. The number of fused-ring (bicyclic) bond motifs is 6. The monoisotopic (exact) mass is 958 g/mol. The number of ether oxygens (including phenoxy) is 2. The first-order valence-electron chi connectivity index (χ1n) is 28.9. The second-order valence-electron chi connectivity index (χ2n) is 23.4. The van der Waals surface area contributed by atoms with Crippen molar-refractivity contribution in [2.24, 2.45) is 45.5 Å². The molecule has 4 aliphatic rings. The summed E-state index contributed by atoms with van der Waals surface area (Å²) >= 11 is 0. The zero-order valence-corrected chi connectivity index (χ0v) is 46.5. The zero-order valence-electron chi connectivity index (χ0n) is 47.5. The van der Waals surface area contributed by atoms with Crippen molar-refractivity contribution < 1.29 is 10.8 Å². The van der Waals surface area contributed by atoms with Crippen LogP contribution >= 0.6 is 0 Å². The number of allylic oxidation sites excluding steroid dienone is 7. The van der Waals surface area contributed by atoms with Crippen molar-refractivity contribution in [3.05, 3.63) is 105 Å². The smallest absolute Gasteiger partial charge is 0.0878 e. The summed E-state index contributed by atoms with van der Waals surface area (Å²) in [6.07, 6.45) is 43.1. The van der Waals surface area contributed by atoms with Gasteiger partial charge in [0.1, 0.15) is 0 Å². The van der Waals surface area contributed by atoms with E-state index < -0.39 is 11.9 Å². The number of nitrogens with zero attached hydrogens (tertiary/aromatic N) is 2. The van der Waals surface area contributed by atoms with Crippen LogP contribution in [0.1, 0.15) is 206 Å². The largest absolute Gasteiger partial charge is 0.373 e. The Hall–Kier alpha value is -3.74. The molecule has 5 rings (SSSR count). The number of nitrogens with one attached hydrogen (secondary N) is 2. The third-order valence-corrected chi connectivity index (χ3v) is 15.4. The fraction of sp³-hybridized carbons (Fsp3) is 0.656. The first kappa shape index (κ1) is 55.6. The Morgan fingerprint density at radius 2 is 1.03 bits per heavy atom. The van der Waals surface area contributed by atoms with Gasteiger partial charge in [0.2, 0.25) is 0 Å². The normalized spacial score (nSPS) is 22.0. The predicted octanol–water partition coefficient (Wildman–Crippen LogP) is 15.9. The van der Waals surface area contributed by atoms with Crippen LogP contribution in [0.4, 0.5) is 0 Å². The van der Waals surface area contributed by atoms with Gasteiger partial charge >= 0.3 is 0 Å². The van der Waals surface area contributed by atoms with Crippen LogP contribution in [-0.4, -0.2) is 47.4 Å². The third-order valence-electron chi connectivity index (χ3n) is 15.4. The zero-order chi connectivity index (χ0) is 51.3. The number of hydrogen-bond donors (Lipinski definition) is 2. The molecule has 0 saturated carbocycles. The minimum atomic E-state index is -0.924. The maximum atomic E-state index is 10.2. The molecule has 8 atom stereocenters. The molecule has 2 N–H and O–H groups in total. The molecule has 70 heavy (non-hydrogen) atoms. The molecule has 0 amide bonds. The van der Waals surface area contributed by atoms with Crippen molar-refractivity contribution in [1.29, 1.82) is 0 Å².